The van der Waals surface area contributed by atoms with Gasteiger partial charge >= 0.3 is 0 Å². The van der Waals surface area contributed by atoms with Crippen molar-refractivity contribution >= 4 is 23.4 Å². The molecule has 0 aliphatic heterocycles. The maximum atomic E-state index is 12.4. The Morgan fingerprint density at radius 3 is 2.90 bits per heavy atom. The Balaban J connectivity index is 1.93. The fourth-order valence-corrected chi connectivity index (χ4v) is 2.14. The highest BCUT2D eigenvalue weighted by molar-refractivity contribution is 7.99. The van der Waals surface area contributed by atoms with Crippen molar-refractivity contribution in [3.05, 3.63) is 36.9 Å². The molecule has 0 bridgehead atoms. The number of carbonyl (C=O) groups excluding carboxylic acids is 1. The van der Waals surface area contributed by atoms with E-state index in [4.69, 9.17) is 0 Å². The smallest absolute Gasteiger partial charge is 0.288 e. The summed E-state index contributed by atoms with van der Waals surface area (Å²) >= 11 is 0.407. The average Bonchev–Trinajstić information content (AvgIpc) is 2.91. The Morgan fingerprint density at radius 2 is 2.20 bits per heavy atom. The molecule has 1 heterocycles. The van der Waals surface area contributed by atoms with Crippen LogP contribution in [-0.4, -0.2) is 26.4 Å². The van der Waals surface area contributed by atoms with Gasteiger partial charge in [0.05, 0.1) is 12.2 Å². The van der Waals surface area contributed by atoms with E-state index in [1.54, 1.807) is 24.3 Å². The SMILES string of the molecule is O=C(CCn1cncn1)Nc1ccccc1SC(F)F. The molecular formula is C12H12F2N4OS. The van der Waals surface area contributed by atoms with Gasteiger partial charge in [0.25, 0.3) is 5.76 Å². The normalized spacial score (nSPS) is 10.8. The topological polar surface area (TPSA) is 59.8 Å². The summed E-state index contributed by atoms with van der Waals surface area (Å²) in [4.78, 5) is 15.9. The Morgan fingerprint density at radius 1 is 1.40 bits per heavy atom. The summed E-state index contributed by atoms with van der Waals surface area (Å²) in [6, 6.07) is 6.47. The zero-order valence-corrected chi connectivity index (χ0v) is 11.2. The highest BCUT2D eigenvalue weighted by Crippen LogP contribution is 2.31. The number of aromatic nitrogens is 3. The van der Waals surface area contributed by atoms with Gasteiger partial charge in [-0.1, -0.05) is 23.9 Å². The lowest BCUT2D eigenvalue weighted by molar-refractivity contribution is -0.116. The fourth-order valence-electron chi connectivity index (χ4n) is 1.55. The number of rotatable bonds is 6. The number of nitrogens with zero attached hydrogens (tertiary/aromatic N) is 3. The van der Waals surface area contributed by atoms with Crippen LogP contribution in [0.3, 0.4) is 0 Å². The highest BCUT2D eigenvalue weighted by Gasteiger charge is 2.11. The molecule has 0 atom stereocenters. The molecule has 0 aliphatic carbocycles. The minimum absolute atomic E-state index is 0.192. The van der Waals surface area contributed by atoms with Gasteiger partial charge in [0.1, 0.15) is 12.7 Å². The van der Waals surface area contributed by atoms with Crippen molar-refractivity contribution in [2.24, 2.45) is 0 Å². The van der Waals surface area contributed by atoms with Crippen molar-refractivity contribution in [1.82, 2.24) is 14.8 Å². The maximum Gasteiger partial charge on any atom is 0.288 e. The number of para-hydroxylation sites is 1. The third-order valence-corrected chi connectivity index (χ3v) is 3.20. The third-order valence-electron chi connectivity index (χ3n) is 2.41. The van der Waals surface area contributed by atoms with E-state index in [0.29, 0.717) is 28.9 Å². The Kier molecular flexibility index (Phi) is 5.05. The van der Waals surface area contributed by atoms with E-state index in [1.165, 1.54) is 17.3 Å². The lowest BCUT2D eigenvalue weighted by Gasteiger charge is -2.10. The number of benzene rings is 1. The van der Waals surface area contributed by atoms with Crippen LogP contribution in [-0.2, 0) is 11.3 Å². The monoisotopic (exact) mass is 298 g/mol. The van der Waals surface area contributed by atoms with Gasteiger partial charge in [-0.25, -0.2) is 4.98 Å². The summed E-state index contributed by atoms with van der Waals surface area (Å²) in [5.41, 5.74) is 0.390. The van der Waals surface area contributed by atoms with Gasteiger partial charge in [-0.15, -0.1) is 0 Å². The Hall–Kier alpha value is -1.96. The summed E-state index contributed by atoms with van der Waals surface area (Å²) in [5.74, 6) is -2.79. The number of anilines is 1. The standard InChI is InChI=1S/C12H12F2N4OS/c13-12(14)20-10-4-2-1-3-9(10)17-11(19)5-6-18-8-15-7-16-18/h1-4,7-8,12H,5-6H2,(H,17,19). The van der Waals surface area contributed by atoms with E-state index in [1.807, 2.05) is 0 Å². The zero-order valence-electron chi connectivity index (χ0n) is 10.4. The summed E-state index contributed by atoms with van der Waals surface area (Å²) in [6.45, 7) is 0.385. The molecule has 2 aromatic rings. The van der Waals surface area contributed by atoms with Gasteiger partial charge in [-0.05, 0) is 12.1 Å². The first kappa shape index (κ1) is 14.4. The molecule has 0 saturated heterocycles. The van der Waals surface area contributed by atoms with Gasteiger partial charge < -0.3 is 5.32 Å². The lowest BCUT2D eigenvalue weighted by atomic mass is 10.3. The van der Waals surface area contributed by atoms with Crippen molar-refractivity contribution in [3.63, 3.8) is 0 Å². The second-order valence-electron chi connectivity index (χ2n) is 3.83. The number of thioether (sulfide) groups is 1. The molecule has 0 fully saturated rings. The average molecular weight is 298 g/mol. The summed E-state index contributed by atoms with van der Waals surface area (Å²) in [6.07, 6.45) is 3.08. The molecular weight excluding hydrogens is 286 g/mol. The quantitative estimate of drug-likeness (QED) is 0.833. The molecule has 0 spiro atoms. The van der Waals surface area contributed by atoms with Gasteiger partial charge in [0.2, 0.25) is 5.91 Å². The van der Waals surface area contributed by atoms with Crippen LogP contribution in [0.4, 0.5) is 14.5 Å². The predicted molar refractivity (Wildman–Crippen MR) is 71.6 cm³/mol. The molecule has 0 radical (unpaired) electrons. The van der Waals surface area contributed by atoms with Crippen LogP contribution in [0.1, 0.15) is 6.42 Å². The van der Waals surface area contributed by atoms with Crippen LogP contribution in [0.15, 0.2) is 41.8 Å². The first-order valence-electron chi connectivity index (χ1n) is 5.81. The highest BCUT2D eigenvalue weighted by atomic mass is 32.2. The van der Waals surface area contributed by atoms with Gasteiger partial charge in [-0.3, -0.25) is 9.48 Å². The second kappa shape index (κ2) is 6.99. The van der Waals surface area contributed by atoms with Crippen molar-refractivity contribution in [1.29, 1.82) is 0 Å². The third kappa shape index (κ3) is 4.30. The number of hydrogen-bond donors (Lipinski definition) is 1. The van der Waals surface area contributed by atoms with Crippen LogP contribution in [0.5, 0.6) is 0 Å². The van der Waals surface area contributed by atoms with Gasteiger partial charge in [-0.2, -0.15) is 13.9 Å². The predicted octanol–water partition coefficient (Wildman–Crippen LogP) is 2.62. The van der Waals surface area contributed by atoms with Gasteiger partial charge in [0, 0.05) is 11.3 Å². The van der Waals surface area contributed by atoms with Crippen molar-refractivity contribution in [2.75, 3.05) is 5.32 Å². The molecule has 2 rings (SSSR count). The van der Waals surface area contributed by atoms with E-state index in [9.17, 15) is 13.6 Å². The van der Waals surface area contributed by atoms with E-state index >= 15 is 0 Å². The number of carbonyl (C=O) groups is 1. The molecule has 5 nitrogen and oxygen atoms in total. The van der Waals surface area contributed by atoms with Crippen LogP contribution in [0.25, 0.3) is 0 Å². The number of hydrogen-bond acceptors (Lipinski definition) is 4. The van der Waals surface area contributed by atoms with E-state index in [-0.39, 0.29) is 12.3 Å². The summed E-state index contributed by atoms with van der Waals surface area (Å²) in [7, 11) is 0. The molecule has 0 saturated carbocycles. The fraction of sp³-hybridized carbons (Fsp3) is 0.250. The largest absolute Gasteiger partial charge is 0.325 e. The number of aryl methyl sites for hydroxylation is 1. The molecule has 1 aromatic carbocycles. The lowest BCUT2D eigenvalue weighted by Crippen LogP contribution is -2.15. The van der Waals surface area contributed by atoms with Crippen molar-refractivity contribution < 1.29 is 13.6 Å². The number of amides is 1. The first-order chi connectivity index (χ1) is 9.65. The van der Waals surface area contributed by atoms with Crippen LogP contribution < -0.4 is 5.32 Å². The van der Waals surface area contributed by atoms with E-state index in [0.717, 1.165) is 0 Å². The number of alkyl halides is 2. The zero-order chi connectivity index (χ0) is 14.4. The molecule has 8 heteroatoms. The Labute approximate surface area is 118 Å². The molecule has 0 unspecified atom stereocenters. The van der Waals surface area contributed by atoms with E-state index < -0.39 is 5.76 Å². The second-order valence-corrected chi connectivity index (χ2v) is 4.86. The number of nitrogens with one attached hydrogen (secondary N) is 1. The Bertz CT molecular complexity index is 562. The number of halogens is 2. The maximum absolute atomic E-state index is 12.4. The van der Waals surface area contributed by atoms with Crippen LogP contribution >= 0.6 is 11.8 Å². The van der Waals surface area contributed by atoms with Crippen molar-refractivity contribution in [2.45, 2.75) is 23.6 Å². The van der Waals surface area contributed by atoms with Crippen LogP contribution in [0, 0.1) is 0 Å². The summed E-state index contributed by atoms with van der Waals surface area (Å²) in [5, 5.41) is 6.50. The van der Waals surface area contributed by atoms with Gasteiger partial charge in [0.15, 0.2) is 0 Å². The molecule has 0 aliphatic rings. The molecule has 1 N–H and O–H groups in total. The molecule has 20 heavy (non-hydrogen) atoms. The van der Waals surface area contributed by atoms with Crippen LogP contribution in [0.2, 0.25) is 0 Å². The molecule has 1 amide bonds. The first-order valence-corrected chi connectivity index (χ1v) is 6.69. The molecule has 1 aromatic heterocycles. The van der Waals surface area contributed by atoms with Crippen molar-refractivity contribution in [3.8, 4) is 0 Å². The van der Waals surface area contributed by atoms with E-state index in [2.05, 4.69) is 15.4 Å². The molecule has 106 valence electrons. The minimum Gasteiger partial charge on any atom is -0.325 e. The minimum atomic E-state index is -2.52. The summed E-state index contributed by atoms with van der Waals surface area (Å²) < 4.78 is 26.3.